The third kappa shape index (κ3) is 7.04. The van der Waals surface area contributed by atoms with Gasteiger partial charge < -0.3 is 20.1 Å². The molecule has 0 spiro atoms. The largest absolute Gasteiger partial charge is 0.486 e. The maximum absolute atomic E-state index is 13.3. The number of amides is 1. The Hall–Kier alpha value is -2.42. The second-order valence-corrected chi connectivity index (χ2v) is 9.03. The van der Waals surface area contributed by atoms with Crippen LogP contribution in [0.2, 0.25) is 10.0 Å². The highest BCUT2D eigenvalue weighted by atomic mass is 35.5. The maximum atomic E-state index is 13.3. The molecular formula is C24H26Cl2F2N2O4. The Kier molecular flexibility index (Phi) is 9.50. The summed E-state index contributed by atoms with van der Waals surface area (Å²) in [5.74, 6) is 0.551. The lowest BCUT2D eigenvalue weighted by Gasteiger charge is -2.28. The monoisotopic (exact) mass is 514 g/mol. The number of hydrogen-bond donors (Lipinski definition) is 2. The van der Waals surface area contributed by atoms with Crippen LogP contribution < -0.4 is 20.1 Å². The summed E-state index contributed by atoms with van der Waals surface area (Å²) in [5.41, 5.74) is 0. The first-order valence-electron chi connectivity index (χ1n) is 10.9. The van der Waals surface area contributed by atoms with Crippen molar-refractivity contribution in [3.63, 3.8) is 0 Å². The zero-order chi connectivity index (χ0) is 24.7. The molecule has 0 aliphatic heterocycles. The van der Waals surface area contributed by atoms with E-state index >= 15 is 0 Å². The van der Waals surface area contributed by atoms with E-state index in [-0.39, 0.29) is 35.2 Å². The molecule has 0 saturated heterocycles. The van der Waals surface area contributed by atoms with Crippen molar-refractivity contribution >= 4 is 35.4 Å². The van der Waals surface area contributed by atoms with Gasteiger partial charge in [0.15, 0.2) is 12.9 Å². The third-order valence-electron chi connectivity index (χ3n) is 6.04. The Balaban J connectivity index is 0.000000229. The van der Waals surface area contributed by atoms with Crippen molar-refractivity contribution in [1.29, 1.82) is 0 Å². The second-order valence-electron chi connectivity index (χ2n) is 8.21. The van der Waals surface area contributed by atoms with Crippen LogP contribution in [0.5, 0.6) is 11.5 Å². The van der Waals surface area contributed by atoms with Gasteiger partial charge in [0.25, 0.3) is 5.91 Å². The summed E-state index contributed by atoms with van der Waals surface area (Å²) in [5, 5.41) is 6.46. The standard InChI is InChI=1S/C16H20ClFN2O2.C8H6ClFO2/c1-19-14-5-10-4-9(14)6-15(10)20-16(21)8-22-11-2-3-12(17)13(18)7-11;9-7-2-1-6(5-8(7)10)12-4-3-11/h2-3,7,9-10,14-15,19H,4-6,8H2,1H3,(H,20,21);1-3,5H,4H2. The second kappa shape index (κ2) is 12.3. The number of benzene rings is 2. The Labute approximate surface area is 206 Å². The van der Waals surface area contributed by atoms with E-state index in [0.29, 0.717) is 35.7 Å². The number of carbonyl (C=O) groups excluding carboxylic acids is 2. The third-order valence-corrected chi connectivity index (χ3v) is 6.66. The molecule has 0 heterocycles. The van der Waals surface area contributed by atoms with Crippen molar-refractivity contribution in [3.05, 3.63) is 58.1 Å². The lowest BCUT2D eigenvalue weighted by molar-refractivity contribution is -0.124. The quantitative estimate of drug-likeness (QED) is 0.510. The number of carbonyl (C=O) groups is 2. The highest BCUT2D eigenvalue weighted by Crippen LogP contribution is 2.44. The molecule has 2 saturated carbocycles. The Bertz CT molecular complexity index is 1010. The first kappa shape index (κ1) is 26.2. The first-order chi connectivity index (χ1) is 16.3. The van der Waals surface area contributed by atoms with E-state index in [0.717, 1.165) is 18.9 Å². The van der Waals surface area contributed by atoms with Gasteiger partial charge in [-0.3, -0.25) is 9.59 Å². The van der Waals surface area contributed by atoms with Crippen molar-refractivity contribution in [3.8, 4) is 11.5 Å². The summed E-state index contributed by atoms with van der Waals surface area (Å²) in [6.45, 7) is -0.189. The van der Waals surface area contributed by atoms with E-state index in [1.807, 2.05) is 7.05 Å². The van der Waals surface area contributed by atoms with E-state index in [1.165, 1.54) is 30.7 Å². The van der Waals surface area contributed by atoms with Crippen LogP contribution in [0.25, 0.3) is 0 Å². The van der Waals surface area contributed by atoms with Crippen molar-refractivity contribution in [1.82, 2.24) is 10.6 Å². The summed E-state index contributed by atoms with van der Waals surface area (Å²) >= 11 is 11.0. The van der Waals surface area contributed by atoms with Gasteiger partial charge in [-0.1, -0.05) is 23.2 Å². The highest BCUT2D eigenvalue weighted by Gasteiger charge is 2.45. The molecule has 4 unspecified atom stereocenters. The molecule has 6 nitrogen and oxygen atoms in total. The maximum Gasteiger partial charge on any atom is 0.258 e. The van der Waals surface area contributed by atoms with Gasteiger partial charge >= 0.3 is 0 Å². The van der Waals surface area contributed by atoms with Gasteiger partial charge in [0, 0.05) is 24.2 Å². The van der Waals surface area contributed by atoms with Crippen molar-refractivity contribution in [2.75, 3.05) is 20.3 Å². The van der Waals surface area contributed by atoms with Crippen LogP contribution in [-0.4, -0.2) is 44.5 Å². The number of fused-ring (bicyclic) bond motifs is 2. The van der Waals surface area contributed by atoms with Crippen LogP contribution in [0.3, 0.4) is 0 Å². The predicted molar refractivity (Wildman–Crippen MR) is 125 cm³/mol. The summed E-state index contributed by atoms with van der Waals surface area (Å²) < 4.78 is 36.1. The number of rotatable bonds is 8. The number of ether oxygens (including phenoxy) is 2. The first-order valence-corrected chi connectivity index (χ1v) is 11.6. The van der Waals surface area contributed by atoms with Crippen LogP contribution in [0.4, 0.5) is 8.78 Å². The van der Waals surface area contributed by atoms with Crippen molar-refractivity contribution in [2.45, 2.75) is 31.3 Å². The zero-order valence-corrected chi connectivity index (χ0v) is 20.0. The van der Waals surface area contributed by atoms with Crippen LogP contribution >= 0.6 is 23.2 Å². The van der Waals surface area contributed by atoms with Crippen molar-refractivity contribution in [2.24, 2.45) is 11.8 Å². The minimum absolute atomic E-state index is 0.0356. The zero-order valence-electron chi connectivity index (χ0n) is 18.5. The fourth-order valence-electron chi connectivity index (χ4n) is 4.47. The van der Waals surface area contributed by atoms with Crippen LogP contribution in [0, 0.1) is 23.5 Å². The molecule has 2 N–H and O–H groups in total. The SMILES string of the molecule is CNC1CC2CC1CC2NC(=O)COc1ccc(Cl)c(F)c1.O=CCOc1ccc(Cl)c(F)c1. The van der Waals surface area contributed by atoms with Gasteiger partial charge in [-0.05, 0) is 62.4 Å². The lowest BCUT2D eigenvalue weighted by atomic mass is 9.91. The molecule has 0 aromatic heterocycles. The molecule has 4 atom stereocenters. The van der Waals surface area contributed by atoms with Gasteiger partial charge in [-0.25, -0.2) is 8.78 Å². The Morgan fingerprint density at radius 1 is 0.971 bits per heavy atom. The molecule has 184 valence electrons. The molecule has 34 heavy (non-hydrogen) atoms. The molecule has 2 aliphatic rings. The Morgan fingerprint density at radius 2 is 1.53 bits per heavy atom. The fourth-order valence-corrected chi connectivity index (χ4v) is 4.70. The van der Waals surface area contributed by atoms with Gasteiger partial charge in [-0.15, -0.1) is 0 Å². The van der Waals surface area contributed by atoms with Crippen molar-refractivity contribution < 1.29 is 27.8 Å². The van der Waals surface area contributed by atoms with E-state index in [2.05, 4.69) is 10.6 Å². The number of halogens is 4. The molecule has 2 aliphatic carbocycles. The average Bonchev–Trinajstić information content (AvgIpc) is 3.41. The molecule has 4 rings (SSSR count). The number of hydrogen-bond acceptors (Lipinski definition) is 5. The minimum atomic E-state index is -0.555. The fraction of sp³-hybridized carbons (Fsp3) is 0.417. The normalized spacial score (nSPS) is 22.5. The summed E-state index contributed by atoms with van der Waals surface area (Å²) in [6, 6.07) is 8.98. The molecule has 2 aromatic carbocycles. The topological polar surface area (TPSA) is 76.7 Å². The molecular weight excluding hydrogens is 489 g/mol. The molecule has 2 bridgehead atoms. The smallest absolute Gasteiger partial charge is 0.258 e. The number of nitrogens with one attached hydrogen (secondary N) is 2. The highest BCUT2D eigenvalue weighted by molar-refractivity contribution is 6.31. The predicted octanol–water partition coefficient (Wildman–Crippen LogP) is 4.42. The van der Waals surface area contributed by atoms with Gasteiger partial charge in [-0.2, -0.15) is 0 Å². The van der Waals surface area contributed by atoms with E-state index < -0.39 is 11.6 Å². The van der Waals surface area contributed by atoms with Crippen LogP contribution in [-0.2, 0) is 9.59 Å². The minimum Gasteiger partial charge on any atom is -0.486 e. The van der Waals surface area contributed by atoms with E-state index in [9.17, 15) is 18.4 Å². The molecule has 2 fully saturated rings. The molecule has 0 radical (unpaired) electrons. The molecule has 10 heteroatoms. The summed E-state index contributed by atoms with van der Waals surface area (Å²) in [6.07, 6.45) is 3.92. The van der Waals surface area contributed by atoms with Gasteiger partial charge in [0.1, 0.15) is 29.7 Å². The average molecular weight is 515 g/mol. The van der Waals surface area contributed by atoms with Gasteiger partial charge in [0.2, 0.25) is 0 Å². The Morgan fingerprint density at radius 3 is 2.03 bits per heavy atom. The molecule has 1 amide bonds. The molecule has 2 aromatic rings. The summed E-state index contributed by atoms with van der Waals surface area (Å²) in [7, 11) is 2.00. The summed E-state index contributed by atoms with van der Waals surface area (Å²) in [4.78, 5) is 21.9. The van der Waals surface area contributed by atoms with E-state index in [4.69, 9.17) is 32.7 Å². The van der Waals surface area contributed by atoms with Gasteiger partial charge in [0.05, 0.1) is 10.0 Å². The van der Waals surface area contributed by atoms with E-state index in [1.54, 1.807) is 6.07 Å². The van der Waals surface area contributed by atoms with Crippen LogP contribution in [0.1, 0.15) is 19.3 Å². The lowest BCUT2D eigenvalue weighted by Crippen LogP contribution is -2.44. The van der Waals surface area contributed by atoms with Crippen LogP contribution in [0.15, 0.2) is 36.4 Å². The number of aldehydes is 1.